The minimum atomic E-state index is -0.640. The number of para-hydroxylation sites is 1. The van der Waals surface area contributed by atoms with Crippen molar-refractivity contribution in [3.63, 3.8) is 0 Å². The number of rotatable bonds is 6. The molecular formula is C21H17N3O5. The Morgan fingerprint density at radius 1 is 1.00 bits per heavy atom. The first-order chi connectivity index (χ1) is 14.0. The van der Waals surface area contributed by atoms with Crippen molar-refractivity contribution in [2.75, 3.05) is 5.32 Å². The van der Waals surface area contributed by atoms with Gasteiger partial charge in [-0.25, -0.2) is 10.2 Å². The molecule has 0 fully saturated rings. The Balaban J connectivity index is 1.63. The summed E-state index contributed by atoms with van der Waals surface area (Å²) in [4.78, 5) is 35.2. The molecule has 0 saturated carbocycles. The summed E-state index contributed by atoms with van der Waals surface area (Å²) in [6, 6.07) is 16.2. The van der Waals surface area contributed by atoms with E-state index in [0.29, 0.717) is 16.8 Å². The topological polar surface area (TPSA) is 110 Å². The number of carbonyl (C=O) groups is 3. The summed E-state index contributed by atoms with van der Waals surface area (Å²) >= 11 is 0. The molecule has 0 spiro atoms. The lowest BCUT2D eigenvalue weighted by Crippen LogP contribution is -2.18. The predicted molar refractivity (Wildman–Crippen MR) is 106 cm³/mol. The molecule has 0 radical (unpaired) electrons. The van der Waals surface area contributed by atoms with Gasteiger partial charge in [-0.15, -0.1) is 0 Å². The SMILES string of the molecule is CC(=O)Nc1ccc(C(=O)NN=Cc2ccccc2OC(=O)c2ccco2)cc1. The second-order valence-corrected chi connectivity index (χ2v) is 5.86. The third-order valence-corrected chi connectivity index (χ3v) is 3.68. The molecule has 8 nitrogen and oxygen atoms in total. The van der Waals surface area contributed by atoms with E-state index in [4.69, 9.17) is 9.15 Å². The van der Waals surface area contributed by atoms with Crippen molar-refractivity contribution in [3.05, 3.63) is 83.8 Å². The van der Waals surface area contributed by atoms with Gasteiger partial charge in [-0.2, -0.15) is 5.10 Å². The first-order valence-electron chi connectivity index (χ1n) is 8.58. The molecule has 0 aliphatic carbocycles. The number of amides is 2. The summed E-state index contributed by atoms with van der Waals surface area (Å²) in [7, 11) is 0. The van der Waals surface area contributed by atoms with E-state index in [1.165, 1.54) is 25.5 Å². The van der Waals surface area contributed by atoms with Crippen LogP contribution in [0.1, 0.15) is 33.4 Å². The molecule has 2 aromatic carbocycles. The predicted octanol–water partition coefficient (Wildman–Crippen LogP) is 3.22. The highest BCUT2D eigenvalue weighted by Gasteiger charge is 2.13. The molecule has 0 unspecified atom stereocenters. The zero-order valence-electron chi connectivity index (χ0n) is 15.4. The minimum Gasteiger partial charge on any atom is -0.457 e. The maximum absolute atomic E-state index is 12.2. The molecule has 1 aromatic heterocycles. The zero-order valence-corrected chi connectivity index (χ0v) is 15.4. The quantitative estimate of drug-likeness (QED) is 0.290. The van der Waals surface area contributed by atoms with E-state index >= 15 is 0 Å². The number of hydrogen-bond donors (Lipinski definition) is 2. The summed E-state index contributed by atoms with van der Waals surface area (Å²) in [6.45, 7) is 1.40. The fourth-order valence-electron chi connectivity index (χ4n) is 2.36. The lowest BCUT2D eigenvalue weighted by molar-refractivity contribution is -0.114. The van der Waals surface area contributed by atoms with Crippen LogP contribution in [0.25, 0.3) is 0 Å². The minimum absolute atomic E-state index is 0.0766. The van der Waals surface area contributed by atoms with Crippen LogP contribution < -0.4 is 15.5 Å². The van der Waals surface area contributed by atoms with Gasteiger partial charge in [0.05, 0.1) is 12.5 Å². The number of ether oxygens (including phenoxy) is 1. The molecule has 1 heterocycles. The van der Waals surface area contributed by atoms with E-state index in [2.05, 4.69) is 15.8 Å². The molecule has 0 aliphatic heterocycles. The normalized spacial score (nSPS) is 10.5. The van der Waals surface area contributed by atoms with Gasteiger partial charge in [0.2, 0.25) is 11.7 Å². The number of carbonyl (C=O) groups excluding carboxylic acids is 3. The van der Waals surface area contributed by atoms with Gasteiger partial charge in [0, 0.05) is 23.7 Å². The van der Waals surface area contributed by atoms with Crippen molar-refractivity contribution >= 4 is 29.7 Å². The Morgan fingerprint density at radius 2 is 1.76 bits per heavy atom. The number of nitrogens with zero attached hydrogens (tertiary/aromatic N) is 1. The summed E-state index contributed by atoms with van der Waals surface area (Å²) in [5.74, 6) is -0.919. The first-order valence-corrected chi connectivity index (χ1v) is 8.58. The highest BCUT2D eigenvalue weighted by molar-refractivity contribution is 5.96. The van der Waals surface area contributed by atoms with Crippen LogP contribution in [0.2, 0.25) is 0 Å². The van der Waals surface area contributed by atoms with Crippen LogP contribution in [-0.2, 0) is 4.79 Å². The van der Waals surface area contributed by atoms with Crippen LogP contribution in [0.15, 0.2) is 76.4 Å². The fraction of sp³-hybridized carbons (Fsp3) is 0.0476. The Morgan fingerprint density at radius 3 is 2.45 bits per heavy atom. The highest BCUT2D eigenvalue weighted by Crippen LogP contribution is 2.18. The van der Waals surface area contributed by atoms with Gasteiger partial charge in [0.15, 0.2) is 0 Å². The van der Waals surface area contributed by atoms with E-state index in [1.807, 2.05) is 0 Å². The van der Waals surface area contributed by atoms with Crippen LogP contribution in [0, 0.1) is 0 Å². The van der Waals surface area contributed by atoms with Gasteiger partial charge in [0.1, 0.15) is 5.75 Å². The van der Waals surface area contributed by atoms with Crippen LogP contribution in [0.3, 0.4) is 0 Å². The van der Waals surface area contributed by atoms with E-state index < -0.39 is 11.9 Å². The molecule has 0 saturated heterocycles. The molecule has 0 aliphatic rings. The maximum atomic E-state index is 12.2. The van der Waals surface area contributed by atoms with Crippen LogP contribution in [0.4, 0.5) is 5.69 Å². The van der Waals surface area contributed by atoms with Crippen molar-refractivity contribution in [2.24, 2.45) is 5.10 Å². The summed E-state index contributed by atoms with van der Waals surface area (Å²) in [5, 5.41) is 6.53. The number of nitrogens with one attached hydrogen (secondary N) is 2. The molecule has 29 heavy (non-hydrogen) atoms. The largest absolute Gasteiger partial charge is 0.457 e. The van der Waals surface area contributed by atoms with Gasteiger partial charge in [-0.1, -0.05) is 12.1 Å². The molecular weight excluding hydrogens is 374 g/mol. The van der Waals surface area contributed by atoms with Crippen molar-refractivity contribution in [1.82, 2.24) is 5.43 Å². The molecule has 2 N–H and O–H groups in total. The smallest absolute Gasteiger partial charge is 0.379 e. The number of benzene rings is 2. The maximum Gasteiger partial charge on any atom is 0.379 e. The Kier molecular flexibility index (Phi) is 6.16. The van der Waals surface area contributed by atoms with Gasteiger partial charge in [-0.3, -0.25) is 9.59 Å². The number of esters is 1. The zero-order chi connectivity index (χ0) is 20.6. The summed E-state index contributed by atoms with van der Waals surface area (Å²) in [5.41, 5.74) is 3.85. The number of anilines is 1. The third kappa shape index (κ3) is 5.39. The summed E-state index contributed by atoms with van der Waals surface area (Å²) < 4.78 is 10.3. The number of hydrazone groups is 1. The fourth-order valence-corrected chi connectivity index (χ4v) is 2.36. The molecule has 146 valence electrons. The average molecular weight is 391 g/mol. The average Bonchev–Trinajstić information content (AvgIpc) is 3.24. The Labute approximate surface area is 166 Å². The van der Waals surface area contributed by atoms with Crippen LogP contribution in [0.5, 0.6) is 5.75 Å². The molecule has 3 aromatic rings. The third-order valence-electron chi connectivity index (χ3n) is 3.68. The molecule has 3 rings (SSSR count). The molecule has 8 heteroatoms. The molecule has 0 bridgehead atoms. The van der Waals surface area contributed by atoms with E-state index in [9.17, 15) is 14.4 Å². The second kappa shape index (κ2) is 9.14. The first kappa shape index (κ1) is 19.6. The lowest BCUT2D eigenvalue weighted by atomic mass is 10.2. The van der Waals surface area contributed by atoms with Crippen molar-refractivity contribution in [3.8, 4) is 5.75 Å². The second-order valence-electron chi connectivity index (χ2n) is 5.86. The Hall–Kier alpha value is -4.20. The van der Waals surface area contributed by atoms with E-state index in [0.717, 1.165) is 0 Å². The monoisotopic (exact) mass is 391 g/mol. The summed E-state index contributed by atoms with van der Waals surface area (Å²) in [6.07, 6.45) is 2.75. The molecule has 0 atom stereocenters. The standard InChI is InChI=1S/C21H17N3O5/c1-14(25)23-17-10-8-15(9-11-17)20(26)24-22-13-16-5-2-3-6-18(16)29-21(27)19-7-4-12-28-19/h2-13H,1H3,(H,23,25)(H,24,26). The lowest BCUT2D eigenvalue weighted by Gasteiger charge is -2.06. The van der Waals surface area contributed by atoms with Gasteiger partial charge in [-0.05, 0) is 48.5 Å². The number of furan rings is 1. The Bertz CT molecular complexity index is 1040. The molecule has 2 amide bonds. The van der Waals surface area contributed by atoms with Crippen molar-refractivity contribution in [2.45, 2.75) is 6.92 Å². The van der Waals surface area contributed by atoms with Crippen molar-refractivity contribution in [1.29, 1.82) is 0 Å². The van der Waals surface area contributed by atoms with Gasteiger partial charge >= 0.3 is 5.97 Å². The highest BCUT2D eigenvalue weighted by atomic mass is 16.5. The van der Waals surface area contributed by atoms with Crippen molar-refractivity contribution < 1.29 is 23.5 Å². The van der Waals surface area contributed by atoms with E-state index in [-0.39, 0.29) is 17.4 Å². The number of hydrogen-bond acceptors (Lipinski definition) is 6. The van der Waals surface area contributed by atoms with Crippen LogP contribution >= 0.6 is 0 Å². The van der Waals surface area contributed by atoms with E-state index in [1.54, 1.807) is 54.6 Å². The van der Waals surface area contributed by atoms with Crippen LogP contribution in [-0.4, -0.2) is 24.0 Å². The van der Waals surface area contributed by atoms with Gasteiger partial charge in [0.25, 0.3) is 5.91 Å². The van der Waals surface area contributed by atoms with Gasteiger partial charge < -0.3 is 14.5 Å².